The fourth-order valence-corrected chi connectivity index (χ4v) is 4.81. The molecule has 2 heterocycles. The molecule has 0 aliphatic carbocycles. The lowest BCUT2D eigenvalue weighted by Crippen LogP contribution is -2.36. The highest BCUT2D eigenvalue weighted by Crippen LogP contribution is 2.33. The number of rotatable bonds is 7. The molecule has 2 aromatic carbocycles. The second-order valence-electron chi connectivity index (χ2n) is 6.21. The first-order valence-electron chi connectivity index (χ1n) is 8.75. The summed E-state index contributed by atoms with van der Waals surface area (Å²) in [5.74, 6) is 0.707. The van der Waals surface area contributed by atoms with Crippen molar-refractivity contribution in [3.63, 3.8) is 0 Å². The Hall–Kier alpha value is -3.50. The standard InChI is InChI=1S/C20H17N3O5S2/c1-13(14-8-9-17-18(11-14)28-12-27-17)21-22-20(24)15-5-2-3-6-16(15)23-30(25,26)19-7-4-10-29-19/h2-11,21,23H,1,12H2,(H,22,24). The van der Waals surface area contributed by atoms with Gasteiger partial charge in [0.15, 0.2) is 11.5 Å². The number of hydrogen-bond acceptors (Lipinski definition) is 7. The Morgan fingerprint density at radius 3 is 2.60 bits per heavy atom. The lowest BCUT2D eigenvalue weighted by atomic mass is 10.1. The van der Waals surface area contributed by atoms with Gasteiger partial charge >= 0.3 is 0 Å². The molecule has 154 valence electrons. The van der Waals surface area contributed by atoms with Crippen molar-refractivity contribution in [1.29, 1.82) is 0 Å². The molecule has 4 rings (SSSR count). The minimum absolute atomic E-state index is 0.156. The van der Waals surface area contributed by atoms with E-state index in [4.69, 9.17) is 9.47 Å². The van der Waals surface area contributed by atoms with Gasteiger partial charge in [0.1, 0.15) is 4.21 Å². The molecule has 0 atom stereocenters. The van der Waals surface area contributed by atoms with Crippen molar-refractivity contribution in [3.8, 4) is 11.5 Å². The van der Waals surface area contributed by atoms with Gasteiger partial charge in [-0.2, -0.15) is 0 Å². The molecular formula is C20H17N3O5S2. The largest absolute Gasteiger partial charge is 0.454 e. The molecule has 1 aliphatic rings. The summed E-state index contributed by atoms with van der Waals surface area (Å²) in [5, 5.41) is 1.67. The Balaban J connectivity index is 1.46. The normalized spacial score (nSPS) is 12.3. The van der Waals surface area contributed by atoms with Gasteiger partial charge in [0.05, 0.1) is 16.9 Å². The van der Waals surface area contributed by atoms with Crippen LogP contribution < -0.4 is 25.0 Å². The van der Waals surface area contributed by atoms with Crippen molar-refractivity contribution in [3.05, 3.63) is 77.7 Å². The van der Waals surface area contributed by atoms with E-state index in [-0.39, 0.29) is 22.3 Å². The number of benzene rings is 2. The van der Waals surface area contributed by atoms with Crippen LogP contribution in [0.4, 0.5) is 5.69 Å². The zero-order valence-corrected chi connectivity index (χ0v) is 17.2. The number of sulfonamides is 1. The third kappa shape index (κ3) is 4.09. The maximum Gasteiger partial charge on any atom is 0.271 e. The first kappa shape index (κ1) is 19.8. The van der Waals surface area contributed by atoms with Gasteiger partial charge < -0.3 is 9.47 Å². The second-order valence-corrected chi connectivity index (χ2v) is 9.07. The molecule has 1 aromatic heterocycles. The van der Waals surface area contributed by atoms with Crippen molar-refractivity contribution >= 4 is 38.7 Å². The summed E-state index contributed by atoms with van der Waals surface area (Å²) in [6.45, 7) is 4.06. The van der Waals surface area contributed by atoms with Crippen LogP contribution in [-0.2, 0) is 10.0 Å². The summed E-state index contributed by atoms with van der Waals surface area (Å²) < 4.78 is 38.2. The van der Waals surface area contributed by atoms with Crippen molar-refractivity contribution < 1.29 is 22.7 Å². The van der Waals surface area contributed by atoms with Crippen molar-refractivity contribution in [2.24, 2.45) is 0 Å². The summed E-state index contributed by atoms with van der Waals surface area (Å²) in [4.78, 5) is 12.7. The van der Waals surface area contributed by atoms with Crippen LogP contribution >= 0.6 is 11.3 Å². The molecule has 8 nitrogen and oxygen atoms in total. The first-order chi connectivity index (χ1) is 14.4. The van der Waals surface area contributed by atoms with Crippen LogP contribution in [-0.4, -0.2) is 21.1 Å². The number of carbonyl (C=O) groups is 1. The predicted octanol–water partition coefficient (Wildman–Crippen LogP) is 3.18. The van der Waals surface area contributed by atoms with Crippen LogP contribution in [0, 0.1) is 0 Å². The van der Waals surface area contributed by atoms with E-state index in [9.17, 15) is 13.2 Å². The Kier molecular flexibility index (Phi) is 5.34. The van der Waals surface area contributed by atoms with Crippen LogP contribution in [0.1, 0.15) is 15.9 Å². The minimum Gasteiger partial charge on any atom is -0.454 e. The van der Waals surface area contributed by atoms with Gasteiger partial charge in [0.2, 0.25) is 6.79 Å². The zero-order chi connectivity index (χ0) is 21.1. The summed E-state index contributed by atoms with van der Waals surface area (Å²) in [6, 6.07) is 14.7. The number of hydrogen-bond donors (Lipinski definition) is 3. The molecule has 0 spiro atoms. The quantitative estimate of drug-likeness (QED) is 0.485. The number of carbonyl (C=O) groups excluding carboxylic acids is 1. The van der Waals surface area contributed by atoms with Crippen LogP contribution in [0.3, 0.4) is 0 Å². The number of hydrazine groups is 1. The number of nitrogens with one attached hydrogen (secondary N) is 3. The van der Waals surface area contributed by atoms with E-state index in [1.807, 2.05) is 0 Å². The lowest BCUT2D eigenvalue weighted by molar-refractivity contribution is 0.0943. The number of fused-ring (bicyclic) bond motifs is 1. The predicted molar refractivity (Wildman–Crippen MR) is 114 cm³/mol. The smallest absolute Gasteiger partial charge is 0.271 e. The third-order valence-corrected chi connectivity index (χ3v) is 6.99. The van der Waals surface area contributed by atoms with E-state index in [1.165, 1.54) is 18.2 Å². The van der Waals surface area contributed by atoms with Crippen molar-refractivity contribution in [2.45, 2.75) is 4.21 Å². The molecule has 0 radical (unpaired) electrons. The van der Waals surface area contributed by atoms with E-state index < -0.39 is 15.9 Å². The van der Waals surface area contributed by atoms with Crippen molar-refractivity contribution in [2.75, 3.05) is 11.5 Å². The first-order valence-corrected chi connectivity index (χ1v) is 11.1. The fourth-order valence-electron chi connectivity index (χ4n) is 2.74. The Morgan fingerprint density at radius 2 is 1.80 bits per heavy atom. The molecule has 0 saturated heterocycles. The molecule has 3 N–H and O–H groups in total. The minimum atomic E-state index is -3.78. The topological polar surface area (TPSA) is 106 Å². The summed E-state index contributed by atoms with van der Waals surface area (Å²) in [7, 11) is -3.78. The fraction of sp³-hybridized carbons (Fsp3) is 0.0500. The number of anilines is 1. The average Bonchev–Trinajstić information content (AvgIpc) is 3.43. The van der Waals surface area contributed by atoms with Gasteiger partial charge in [-0.3, -0.25) is 20.4 Å². The van der Waals surface area contributed by atoms with E-state index >= 15 is 0 Å². The van der Waals surface area contributed by atoms with Crippen molar-refractivity contribution in [1.82, 2.24) is 10.9 Å². The summed E-state index contributed by atoms with van der Waals surface area (Å²) >= 11 is 1.09. The number of amides is 1. The number of ether oxygens (including phenoxy) is 2. The highest BCUT2D eigenvalue weighted by molar-refractivity contribution is 7.94. The highest BCUT2D eigenvalue weighted by atomic mass is 32.2. The van der Waals surface area contributed by atoms with Gasteiger partial charge in [-0.1, -0.05) is 24.8 Å². The van der Waals surface area contributed by atoms with E-state index in [1.54, 1.807) is 41.8 Å². The van der Waals surface area contributed by atoms with Crippen LogP contribution in [0.2, 0.25) is 0 Å². The number of thiophene rings is 1. The summed E-state index contributed by atoms with van der Waals surface area (Å²) in [6.07, 6.45) is 0. The van der Waals surface area contributed by atoms with Crippen LogP contribution in [0.25, 0.3) is 5.70 Å². The van der Waals surface area contributed by atoms with E-state index in [0.29, 0.717) is 22.8 Å². The molecule has 0 bridgehead atoms. The Labute approximate surface area is 177 Å². The average molecular weight is 444 g/mol. The Bertz CT molecular complexity index is 1210. The molecule has 1 amide bonds. The maximum absolute atomic E-state index is 12.7. The molecule has 0 fully saturated rings. The van der Waals surface area contributed by atoms with E-state index in [0.717, 1.165) is 11.3 Å². The molecule has 1 aliphatic heterocycles. The highest BCUT2D eigenvalue weighted by Gasteiger charge is 2.20. The maximum atomic E-state index is 12.7. The third-order valence-electron chi connectivity index (χ3n) is 4.22. The van der Waals surface area contributed by atoms with Gasteiger partial charge in [0, 0.05) is 5.56 Å². The van der Waals surface area contributed by atoms with Gasteiger partial charge in [-0.15, -0.1) is 11.3 Å². The monoisotopic (exact) mass is 443 g/mol. The van der Waals surface area contributed by atoms with Crippen LogP contribution in [0.15, 0.2) is 70.8 Å². The summed E-state index contributed by atoms with van der Waals surface area (Å²) in [5.41, 5.74) is 6.72. The molecule has 0 unspecified atom stereocenters. The lowest BCUT2D eigenvalue weighted by Gasteiger charge is -2.14. The van der Waals surface area contributed by atoms with Gasteiger partial charge in [-0.25, -0.2) is 8.42 Å². The molecule has 30 heavy (non-hydrogen) atoms. The Morgan fingerprint density at radius 1 is 1.00 bits per heavy atom. The van der Waals surface area contributed by atoms with Crippen LogP contribution in [0.5, 0.6) is 11.5 Å². The van der Waals surface area contributed by atoms with Gasteiger partial charge in [-0.05, 0) is 41.8 Å². The molecule has 0 saturated carbocycles. The van der Waals surface area contributed by atoms with E-state index in [2.05, 4.69) is 22.2 Å². The SMILES string of the molecule is C=C(NNC(=O)c1ccccc1NS(=O)(=O)c1cccs1)c1ccc2c(c1)OCO2. The molecule has 3 aromatic rings. The second kappa shape index (κ2) is 8.09. The molecular weight excluding hydrogens is 426 g/mol. The molecule has 10 heteroatoms. The number of para-hydroxylation sites is 1. The zero-order valence-electron chi connectivity index (χ0n) is 15.5. The van der Waals surface area contributed by atoms with Gasteiger partial charge in [0.25, 0.3) is 15.9 Å².